The van der Waals surface area contributed by atoms with E-state index in [1.807, 2.05) is 0 Å². The number of alkyl halides is 4. The molecule has 1 nitrogen and oxygen atoms in total. The summed E-state index contributed by atoms with van der Waals surface area (Å²) in [5.74, 6) is -0.473. The summed E-state index contributed by atoms with van der Waals surface area (Å²) >= 11 is 18.4. The van der Waals surface area contributed by atoms with Gasteiger partial charge >= 0.3 is 6.18 Å². The molecule has 1 aromatic carbocycles. The van der Waals surface area contributed by atoms with Crippen LogP contribution < -0.4 is 5.73 Å². The Morgan fingerprint density at radius 2 is 1.86 bits per heavy atom. The number of nitrogens with two attached hydrogens (primary N) is 1. The molecule has 1 aromatic rings. The molecule has 120 valence electrons. The summed E-state index contributed by atoms with van der Waals surface area (Å²) < 4.78 is 39.1. The average Bonchev–Trinajstić information content (AvgIpc) is 2.43. The van der Waals surface area contributed by atoms with Gasteiger partial charge in [0.1, 0.15) is 0 Å². The maximum absolute atomic E-state index is 13.0. The number of rotatable bonds is 3. The highest BCUT2D eigenvalue weighted by atomic mass is 35.5. The van der Waals surface area contributed by atoms with Gasteiger partial charge in [0.05, 0.1) is 16.0 Å². The molecule has 2 rings (SSSR count). The Morgan fingerprint density at radius 1 is 1.18 bits per heavy atom. The first kappa shape index (κ1) is 17.7. The van der Waals surface area contributed by atoms with E-state index in [2.05, 4.69) is 0 Å². The van der Waals surface area contributed by atoms with Crippen LogP contribution in [-0.2, 0) is 12.6 Å². The second kappa shape index (κ2) is 6.83. The standard InChI is InChI=1S/C15H13Cl3F3N/c16-11-3-4-12(17)14(18)13(11)9-1-2-10(15(19,20)21)8(7-9)5-6-22/h1-4,7,11,13H,5-6,22H2. The van der Waals surface area contributed by atoms with E-state index >= 15 is 0 Å². The van der Waals surface area contributed by atoms with Crippen molar-refractivity contribution in [2.45, 2.75) is 23.9 Å². The predicted octanol–water partition coefficient (Wildman–Crippen LogP) is 5.16. The largest absolute Gasteiger partial charge is 0.416 e. The van der Waals surface area contributed by atoms with E-state index in [0.29, 0.717) is 15.6 Å². The molecule has 0 saturated heterocycles. The topological polar surface area (TPSA) is 26.0 Å². The highest BCUT2D eigenvalue weighted by Gasteiger charge is 2.34. The Bertz CT molecular complexity index is 623. The summed E-state index contributed by atoms with van der Waals surface area (Å²) in [7, 11) is 0. The summed E-state index contributed by atoms with van der Waals surface area (Å²) in [6.07, 6.45) is -1.05. The Hall–Kier alpha value is -0.680. The molecule has 1 aliphatic carbocycles. The molecule has 1 aliphatic rings. The van der Waals surface area contributed by atoms with Crippen molar-refractivity contribution in [3.05, 3.63) is 57.1 Å². The maximum atomic E-state index is 13.0. The zero-order valence-corrected chi connectivity index (χ0v) is 13.6. The van der Waals surface area contributed by atoms with Crippen LogP contribution in [0.2, 0.25) is 0 Å². The highest BCUT2D eigenvalue weighted by Crippen LogP contribution is 2.42. The Morgan fingerprint density at radius 3 is 2.45 bits per heavy atom. The molecule has 0 bridgehead atoms. The lowest BCUT2D eigenvalue weighted by atomic mass is 9.88. The van der Waals surface area contributed by atoms with Crippen molar-refractivity contribution in [1.82, 2.24) is 0 Å². The average molecular weight is 371 g/mol. The Kier molecular flexibility index (Phi) is 5.49. The molecule has 2 N–H and O–H groups in total. The van der Waals surface area contributed by atoms with Crippen molar-refractivity contribution in [3.8, 4) is 0 Å². The minimum Gasteiger partial charge on any atom is -0.330 e. The third-order valence-electron chi connectivity index (χ3n) is 3.45. The molecular weight excluding hydrogens is 358 g/mol. The highest BCUT2D eigenvalue weighted by molar-refractivity contribution is 6.41. The molecule has 0 aromatic heterocycles. The molecule has 7 heteroatoms. The fourth-order valence-corrected chi connectivity index (χ4v) is 3.36. The number of hydrogen-bond acceptors (Lipinski definition) is 1. The Labute approximate surface area is 141 Å². The van der Waals surface area contributed by atoms with Gasteiger partial charge in [0, 0.05) is 11.0 Å². The number of benzene rings is 1. The quantitative estimate of drug-likeness (QED) is 0.731. The summed E-state index contributed by atoms with van der Waals surface area (Å²) in [6, 6.07) is 3.89. The minimum absolute atomic E-state index is 0.117. The van der Waals surface area contributed by atoms with E-state index in [-0.39, 0.29) is 18.5 Å². The normalized spacial score (nSPS) is 22.3. The van der Waals surface area contributed by atoms with Crippen molar-refractivity contribution in [2.75, 3.05) is 6.54 Å². The molecule has 2 unspecified atom stereocenters. The van der Waals surface area contributed by atoms with Gasteiger partial charge in [-0.3, -0.25) is 0 Å². The summed E-state index contributed by atoms with van der Waals surface area (Å²) in [5, 5.41) is 0.184. The van der Waals surface area contributed by atoms with Crippen LogP contribution in [0.5, 0.6) is 0 Å². The van der Waals surface area contributed by atoms with Crippen LogP contribution in [0.25, 0.3) is 0 Å². The molecule has 0 saturated carbocycles. The summed E-state index contributed by atoms with van der Waals surface area (Å²) in [4.78, 5) is 0. The van der Waals surface area contributed by atoms with E-state index in [4.69, 9.17) is 40.5 Å². The zero-order chi connectivity index (χ0) is 16.5. The zero-order valence-electron chi connectivity index (χ0n) is 11.3. The second-order valence-corrected chi connectivity index (χ2v) is 6.25. The molecule has 0 fully saturated rings. The van der Waals surface area contributed by atoms with E-state index in [9.17, 15) is 13.2 Å². The molecule has 0 spiro atoms. The first-order valence-electron chi connectivity index (χ1n) is 6.53. The van der Waals surface area contributed by atoms with Gasteiger partial charge in [-0.05, 0) is 36.2 Å². The SMILES string of the molecule is NCCc1cc(C2C(Cl)=C(Cl)C=CC2Cl)ccc1C(F)(F)F. The fraction of sp³-hybridized carbons (Fsp3) is 0.333. The van der Waals surface area contributed by atoms with Gasteiger partial charge in [0.25, 0.3) is 0 Å². The van der Waals surface area contributed by atoms with E-state index in [1.54, 1.807) is 12.2 Å². The van der Waals surface area contributed by atoms with E-state index < -0.39 is 23.0 Å². The summed E-state index contributed by atoms with van der Waals surface area (Å²) in [5.41, 5.74) is 5.45. The van der Waals surface area contributed by atoms with Crippen LogP contribution >= 0.6 is 34.8 Å². The van der Waals surface area contributed by atoms with E-state index in [0.717, 1.165) is 6.07 Å². The van der Waals surface area contributed by atoms with E-state index in [1.165, 1.54) is 12.1 Å². The van der Waals surface area contributed by atoms with Crippen LogP contribution in [-0.4, -0.2) is 11.9 Å². The fourth-order valence-electron chi connectivity index (χ4n) is 2.43. The monoisotopic (exact) mass is 369 g/mol. The van der Waals surface area contributed by atoms with Gasteiger partial charge in [-0.15, -0.1) is 11.6 Å². The smallest absolute Gasteiger partial charge is 0.330 e. The number of hydrogen-bond donors (Lipinski definition) is 1. The molecule has 2 atom stereocenters. The maximum Gasteiger partial charge on any atom is 0.416 e. The third-order valence-corrected chi connectivity index (χ3v) is 4.72. The van der Waals surface area contributed by atoms with Crippen LogP contribution in [0.3, 0.4) is 0 Å². The first-order chi connectivity index (χ1) is 10.3. The number of halogens is 6. The van der Waals surface area contributed by atoms with Crippen LogP contribution in [0.4, 0.5) is 13.2 Å². The van der Waals surface area contributed by atoms with Gasteiger partial charge in [0.2, 0.25) is 0 Å². The minimum atomic E-state index is -4.42. The molecule has 0 amide bonds. The van der Waals surface area contributed by atoms with Gasteiger partial charge in [-0.1, -0.05) is 41.4 Å². The van der Waals surface area contributed by atoms with Gasteiger partial charge < -0.3 is 5.73 Å². The lowest BCUT2D eigenvalue weighted by molar-refractivity contribution is -0.138. The molecule has 0 radical (unpaired) electrons. The third kappa shape index (κ3) is 3.62. The molecular formula is C15H13Cl3F3N. The lowest BCUT2D eigenvalue weighted by Crippen LogP contribution is -2.17. The van der Waals surface area contributed by atoms with Crippen LogP contribution in [0.15, 0.2) is 40.4 Å². The van der Waals surface area contributed by atoms with Crippen molar-refractivity contribution in [1.29, 1.82) is 0 Å². The summed E-state index contributed by atoms with van der Waals surface area (Å²) in [6.45, 7) is 0.117. The van der Waals surface area contributed by atoms with Gasteiger partial charge in [-0.25, -0.2) is 0 Å². The van der Waals surface area contributed by atoms with Crippen molar-refractivity contribution in [2.24, 2.45) is 5.73 Å². The van der Waals surface area contributed by atoms with Crippen molar-refractivity contribution < 1.29 is 13.2 Å². The first-order valence-corrected chi connectivity index (χ1v) is 7.72. The molecule has 0 aliphatic heterocycles. The van der Waals surface area contributed by atoms with Crippen molar-refractivity contribution in [3.63, 3.8) is 0 Å². The molecule has 0 heterocycles. The van der Waals surface area contributed by atoms with Gasteiger partial charge in [0.15, 0.2) is 0 Å². The van der Waals surface area contributed by atoms with Crippen LogP contribution in [0.1, 0.15) is 22.6 Å². The lowest BCUT2D eigenvalue weighted by Gasteiger charge is -2.25. The van der Waals surface area contributed by atoms with Gasteiger partial charge in [-0.2, -0.15) is 13.2 Å². The second-order valence-electron chi connectivity index (χ2n) is 4.93. The molecule has 22 heavy (non-hydrogen) atoms. The van der Waals surface area contributed by atoms with Crippen molar-refractivity contribution >= 4 is 34.8 Å². The van der Waals surface area contributed by atoms with Crippen LogP contribution in [0, 0.1) is 0 Å². The number of allylic oxidation sites excluding steroid dienone is 4. The predicted molar refractivity (Wildman–Crippen MR) is 84.5 cm³/mol. The Balaban J connectivity index is 2.49.